The Morgan fingerprint density at radius 3 is 2.72 bits per heavy atom. The molecule has 1 amide bonds. The van der Waals surface area contributed by atoms with Gasteiger partial charge in [0.2, 0.25) is 5.91 Å². The van der Waals surface area contributed by atoms with Crippen LogP contribution in [0.1, 0.15) is 56.7 Å². The van der Waals surface area contributed by atoms with Crippen LogP contribution in [0.15, 0.2) is 18.3 Å². The number of likely N-dealkylation sites (tertiary alicyclic amines) is 1. The van der Waals surface area contributed by atoms with Crippen molar-refractivity contribution >= 4 is 5.91 Å². The van der Waals surface area contributed by atoms with Gasteiger partial charge in [-0.25, -0.2) is 0 Å². The van der Waals surface area contributed by atoms with E-state index in [1.807, 2.05) is 12.3 Å². The quantitative estimate of drug-likeness (QED) is 0.854. The van der Waals surface area contributed by atoms with Gasteiger partial charge in [-0.3, -0.25) is 4.79 Å². The van der Waals surface area contributed by atoms with Crippen molar-refractivity contribution in [1.29, 1.82) is 0 Å². The Hall–Kier alpha value is -1.25. The summed E-state index contributed by atoms with van der Waals surface area (Å²) in [5, 5.41) is 0. The van der Waals surface area contributed by atoms with Crippen molar-refractivity contribution in [2.24, 2.45) is 5.92 Å². The van der Waals surface area contributed by atoms with Crippen LogP contribution in [0.3, 0.4) is 0 Å². The van der Waals surface area contributed by atoms with Crippen LogP contribution >= 0.6 is 0 Å². The Bertz CT molecular complexity index is 393. The lowest BCUT2D eigenvalue weighted by atomic mass is 9.88. The summed E-state index contributed by atoms with van der Waals surface area (Å²) in [6, 6.07) is 4.43. The summed E-state index contributed by atoms with van der Waals surface area (Å²) in [4.78, 5) is 18.0. The number of rotatable bonds is 2. The van der Waals surface area contributed by atoms with Crippen molar-refractivity contribution < 1.29 is 4.79 Å². The van der Waals surface area contributed by atoms with E-state index in [2.05, 4.69) is 16.0 Å². The molecule has 1 saturated heterocycles. The van der Waals surface area contributed by atoms with Gasteiger partial charge in [0.05, 0.1) is 6.04 Å². The first-order chi connectivity index (χ1) is 8.86. The molecule has 3 heteroatoms. The predicted octanol–water partition coefficient (Wildman–Crippen LogP) is 3.26. The van der Waals surface area contributed by atoms with Crippen molar-refractivity contribution in [3.63, 3.8) is 0 Å². The Balaban J connectivity index is 1.72. The molecule has 18 heavy (non-hydrogen) atoms. The van der Waals surface area contributed by atoms with Gasteiger partial charge in [0.1, 0.15) is 0 Å². The third-order valence-corrected chi connectivity index (χ3v) is 4.47. The van der Waals surface area contributed by atoms with Gasteiger partial charge < -0.3 is 9.88 Å². The highest BCUT2D eigenvalue weighted by Gasteiger charge is 2.34. The average molecular weight is 246 g/mol. The van der Waals surface area contributed by atoms with Crippen molar-refractivity contribution in [2.45, 2.75) is 51.0 Å². The molecule has 1 atom stereocenters. The van der Waals surface area contributed by atoms with Crippen molar-refractivity contribution in [1.82, 2.24) is 9.88 Å². The summed E-state index contributed by atoms with van der Waals surface area (Å²) >= 11 is 0. The molecule has 2 heterocycles. The molecule has 0 spiro atoms. The minimum Gasteiger partial charge on any atom is -0.363 e. The van der Waals surface area contributed by atoms with Gasteiger partial charge in [0.15, 0.2) is 0 Å². The maximum atomic E-state index is 12.6. The number of nitrogens with one attached hydrogen (secondary N) is 1. The summed E-state index contributed by atoms with van der Waals surface area (Å²) in [6.45, 7) is 0.943. The first-order valence-electron chi connectivity index (χ1n) is 7.30. The SMILES string of the molecule is O=C(C1CCCCC1)N1CCCC1c1ccc[nH]1. The normalized spacial score (nSPS) is 25.6. The lowest BCUT2D eigenvalue weighted by molar-refractivity contribution is -0.137. The Labute approximate surface area is 109 Å². The summed E-state index contributed by atoms with van der Waals surface area (Å²) in [5.74, 6) is 0.709. The van der Waals surface area contributed by atoms with E-state index in [1.165, 1.54) is 25.0 Å². The topological polar surface area (TPSA) is 36.1 Å². The standard InChI is InChI=1S/C15H22N2O/c18-15(12-6-2-1-3-7-12)17-11-5-9-14(17)13-8-4-10-16-13/h4,8,10,12,14,16H,1-3,5-7,9,11H2. The number of H-pyrrole nitrogens is 1. The fourth-order valence-electron chi connectivity index (χ4n) is 3.49. The molecular formula is C15H22N2O. The van der Waals surface area contributed by atoms with Gasteiger partial charge in [-0.15, -0.1) is 0 Å². The smallest absolute Gasteiger partial charge is 0.226 e. The third-order valence-electron chi connectivity index (χ3n) is 4.47. The summed E-state index contributed by atoms with van der Waals surface area (Å²) < 4.78 is 0. The molecule has 0 radical (unpaired) electrons. The van der Waals surface area contributed by atoms with Crippen LogP contribution in [-0.2, 0) is 4.79 Å². The van der Waals surface area contributed by atoms with Crippen molar-refractivity contribution in [3.8, 4) is 0 Å². The zero-order chi connectivity index (χ0) is 12.4. The maximum Gasteiger partial charge on any atom is 0.226 e. The molecule has 1 saturated carbocycles. The second-order valence-electron chi connectivity index (χ2n) is 5.65. The fraction of sp³-hybridized carbons (Fsp3) is 0.667. The van der Waals surface area contributed by atoms with Gasteiger partial charge in [0.25, 0.3) is 0 Å². The molecule has 0 bridgehead atoms. The first kappa shape index (κ1) is 11.8. The van der Waals surface area contributed by atoms with Gasteiger partial charge >= 0.3 is 0 Å². The molecule has 2 fully saturated rings. The largest absolute Gasteiger partial charge is 0.363 e. The van der Waals surface area contributed by atoms with Crippen LogP contribution in [0, 0.1) is 5.92 Å². The van der Waals surface area contributed by atoms with Crippen LogP contribution in [0.25, 0.3) is 0 Å². The molecule has 1 aliphatic heterocycles. The number of aromatic nitrogens is 1. The molecule has 1 unspecified atom stereocenters. The highest BCUT2D eigenvalue weighted by Crippen LogP contribution is 2.34. The fourth-order valence-corrected chi connectivity index (χ4v) is 3.49. The number of aromatic amines is 1. The minimum atomic E-state index is 0.300. The molecular weight excluding hydrogens is 224 g/mol. The monoisotopic (exact) mass is 246 g/mol. The van der Waals surface area contributed by atoms with E-state index in [0.717, 1.165) is 32.2 Å². The second kappa shape index (κ2) is 5.17. The molecule has 1 N–H and O–H groups in total. The molecule has 2 aliphatic rings. The Morgan fingerprint density at radius 1 is 1.17 bits per heavy atom. The molecule has 3 nitrogen and oxygen atoms in total. The van der Waals surface area contributed by atoms with Gasteiger partial charge in [0, 0.05) is 24.4 Å². The van der Waals surface area contributed by atoms with Crippen molar-refractivity contribution in [2.75, 3.05) is 6.54 Å². The highest BCUT2D eigenvalue weighted by molar-refractivity contribution is 5.79. The summed E-state index contributed by atoms with van der Waals surface area (Å²) in [5.41, 5.74) is 1.21. The van der Waals surface area contributed by atoms with Crippen molar-refractivity contribution in [3.05, 3.63) is 24.0 Å². The zero-order valence-corrected chi connectivity index (χ0v) is 10.9. The lowest BCUT2D eigenvalue weighted by Crippen LogP contribution is -2.36. The zero-order valence-electron chi connectivity index (χ0n) is 10.9. The van der Waals surface area contributed by atoms with Gasteiger partial charge in [-0.1, -0.05) is 19.3 Å². The summed E-state index contributed by atoms with van der Waals surface area (Å²) in [6.07, 6.45) is 10.2. The number of hydrogen-bond donors (Lipinski definition) is 1. The van der Waals surface area contributed by atoms with E-state index in [-0.39, 0.29) is 0 Å². The van der Waals surface area contributed by atoms with E-state index < -0.39 is 0 Å². The van der Waals surface area contributed by atoms with Crippen LogP contribution in [0.2, 0.25) is 0 Å². The summed E-state index contributed by atoms with van der Waals surface area (Å²) in [7, 11) is 0. The minimum absolute atomic E-state index is 0.300. The van der Waals surface area contributed by atoms with Crippen LogP contribution in [0.5, 0.6) is 0 Å². The van der Waals surface area contributed by atoms with E-state index >= 15 is 0 Å². The lowest BCUT2D eigenvalue weighted by Gasteiger charge is -2.30. The molecule has 98 valence electrons. The second-order valence-corrected chi connectivity index (χ2v) is 5.65. The predicted molar refractivity (Wildman–Crippen MR) is 71.1 cm³/mol. The number of nitrogens with zero attached hydrogens (tertiary/aromatic N) is 1. The van der Waals surface area contributed by atoms with Crippen LogP contribution < -0.4 is 0 Å². The third kappa shape index (κ3) is 2.18. The van der Waals surface area contributed by atoms with E-state index in [4.69, 9.17) is 0 Å². The van der Waals surface area contributed by atoms with E-state index in [9.17, 15) is 4.79 Å². The number of hydrogen-bond acceptors (Lipinski definition) is 1. The van der Waals surface area contributed by atoms with Gasteiger partial charge in [-0.05, 0) is 37.8 Å². The number of amides is 1. The van der Waals surface area contributed by atoms with E-state index in [1.54, 1.807) is 0 Å². The Kier molecular flexibility index (Phi) is 3.39. The number of carbonyl (C=O) groups excluding carboxylic acids is 1. The van der Waals surface area contributed by atoms with Crippen LogP contribution in [0.4, 0.5) is 0 Å². The molecule has 1 aromatic rings. The van der Waals surface area contributed by atoms with Gasteiger partial charge in [-0.2, -0.15) is 0 Å². The van der Waals surface area contributed by atoms with Crippen LogP contribution in [-0.4, -0.2) is 22.3 Å². The number of carbonyl (C=O) groups is 1. The molecule has 3 rings (SSSR count). The molecule has 0 aromatic carbocycles. The Morgan fingerprint density at radius 2 is 2.00 bits per heavy atom. The maximum absolute atomic E-state index is 12.6. The van der Waals surface area contributed by atoms with E-state index in [0.29, 0.717) is 17.9 Å². The first-order valence-corrected chi connectivity index (χ1v) is 7.30. The molecule has 1 aromatic heterocycles. The highest BCUT2D eigenvalue weighted by atomic mass is 16.2. The molecule has 1 aliphatic carbocycles. The average Bonchev–Trinajstić information content (AvgIpc) is 3.09.